The van der Waals surface area contributed by atoms with Gasteiger partial charge in [-0.15, -0.1) is 0 Å². The smallest absolute Gasteiger partial charge is 0.390 e. The molecule has 0 aromatic heterocycles. The Morgan fingerprint density at radius 1 is 1.14 bits per heavy atom. The van der Waals surface area contributed by atoms with Gasteiger partial charge in [-0.3, -0.25) is 13.8 Å². The molecule has 0 aromatic carbocycles. The number of nitrogens with zero attached hydrogens (tertiary/aromatic N) is 1. The van der Waals surface area contributed by atoms with E-state index in [1.807, 2.05) is 0 Å². The van der Waals surface area contributed by atoms with Crippen LogP contribution >= 0.6 is 28.3 Å². The van der Waals surface area contributed by atoms with Gasteiger partial charge in [0.2, 0.25) is 0 Å². The quantitative estimate of drug-likeness (QED) is 0.112. The Bertz CT molecular complexity index is 981. The molecule has 1 amide bonds. The Kier molecular flexibility index (Phi) is 9.46. The van der Waals surface area contributed by atoms with Gasteiger partial charge in [0, 0.05) is 23.9 Å². The summed E-state index contributed by atoms with van der Waals surface area (Å²) < 4.78 is 48.6. The number of phosphoric ester groups is 2. The van der Waals surface area contributed by atoms with E-state index in [9.17, 15) is 44.1 Å². The van der Waals surface area contributed by atoms with Gasteiger partial charge in [-0.1, -0.05) is 6.58 Å². The number of aliphatic hydroxyl groups is 4. The van der Waals surface area contributed by atoms with Gasteiger partial charge in [0.1, 0.15) is 36.5 Å². The fraction of sp³-hybridized carbons (Fsp3) is 0.706. The summed E-state index contributed by atoms with van der Waals surface area (Å²) in [4.78, 5) is 32.9. The zero-order valence-corrected chi connectivity index (χ0v) is 21.4. The molecule has 3 aliphatic heterocycles. The number of thiol groups is 1. The van der Waals surface area contributed by atoms with Crippen LogP contribution in [0.15, 0.2) is 24.2 Å². The van der Waals surface area contributed by atoms with Crippen LogP contribution in [0.25, 0.3) is 0 Å². The van der Waals surface area contributed by atoms with Crippen molar-refractivity contribution in [1.29, 1.82) is 0 Å². The fourth-order valence-electron chi connectivity index (χ4n) is 3.56. The zero-order valence-electron chi connectivity index (χ0n) is 18.8. The molecule has 2 saturated heterocycles. The van der Waals surface area contributed by atoms with Crippen molar-refractivity contribution < 1.29 is 67.0 Å². The lowest BCUT2D eigenvalue weighted by molar-refractivity contribution is -0.270. The van der Waals surface area contributed by atoms with E-state index >= 15 is 0 Å². The lowest BCUT2D eigenvalue weighted by Gasteiger charge is -2.39. The highest BCUT2D eigenvalue weighted by atomic mass is 32.1. The van der Waals surface area contributed by atoms with Crippen LogP contribution in [0.3, 0.4) is 0 Å². The van der Waals surface area contributed by atoms with Crippen molar-refractivity contribution >= 4 is 34.2 Å². The van der Waals surface area contributed by atoms with E-state index in [1.165, 1.54) is 11.1 Å². The van der Waals surface area contributed by atoms with Crippen LogP contribution in [0.5, 0.6) is 0 Å². The van der Waals surface area contributed by atoms with E-state index in [0.29, 0.717) is 5.57 Å². The Hall–Kier alpha value is -0.880. The molecular weight excluding hydrogens is 550 g/mol. The van der Waals surface area contributed by atoms with Gasteiger partial charge in [-0.2, -0.15) is 16.9 Å². The number of aliphatic hydroxyl groups excluding tert-OH is 4. The first kappa shape index (κ1) is 29.7. The third kappa shape index (κ3) is 6.95. The van der Waals surface area contributed by atoms with Gasteiger partial charge in [-0.05, 0) is 6.92 Å². The van der Waals surface area contributed by atoms with Gasteiger partial charge in [0.15, 0.2) is 6.29 Å². The summed E-state index contributed by atoms with van der Waals surface area (Å²) in [6, 6.07) is 0. The van der Waals surface area contributed by atoms with Gasteiger partial charge in [0.25, 0.3) is 5.91 Å². The van der Waals surface area contributed by atoms with E-state index in [-0.39, 0.29) is 23.9 Å². The summed E-state index contributed by atoms with van der Waals surface area (Å²) in [6.45, 7) is 4.49. The number of amides is 1. The van der Waals surface area contributed by atoms with Crippen LogP contribution in [0, 0.1) is 0 Å². The number of rotatable bonds is 9. The van der Waals surface area contributed by atoms with Crippen LogP contribution in [-0.4, -0.2) is 103 Å². The second-order valence-electron chi connectivity index (χ2n) is 8.17. The Morgan fingerprint density at radius 2 is 1.81 bits per heavy atom. The van der Waals surface area contributed by atoms with Crippen molar-refractivity contribution in [2.45, 2.75) is 62.5 Å². The highest BCUT2D eigenvalue weighted by Gasteiger charge is 2.48. The van der Waals surface area contributed by atoms with Crippen molar-refractivity contribution in [3.8, 4) is 0 Å². The van der Waals surface area contributed by atoms with Gasteiger partial charge < -0.3 is 49.9 Å². The molecule has 0 spiro atoms. The average molecular weight is 578 g/mol. The summed E-state index contributed by atoms with van der Waals surface area (Å²) in [6.07, 6.45) is -10.4. The van der Waals surface area contributed by atoms with E-state index in [1.54, 1.807) is 6.92 Å². The summed E-state index contributed by atoms with van der Waals surface area (Å²) in [5, 5.41) is 42.3. The maximum absolute atomic E-state index is 12.2. The second-order valence-corrected chi connectivity index (χ2v) is 11.5. The molecule has 206 valence electrons. The van der Waals surface area contributed by atoms with Crippen LogP contribution in [0.2, 0.25) is 0 Å². The van der Waals surface area contributed by atoms with E-state index in [4.69, 9.17) is 9.47 Å². The molecule has 36 heavy (non-hydrogen) atoms. The van der Waals surface area contributed by atoms with Crippen molar-refractivity contribution in [3.05, 3.63) is 24.2 Å². The topological polar surface area (TPSA) is 234 Å². The number of nitrogens with one attached hydrogen (secondary N) is 1. The molecule has 0 radical (unpaired) electrons. The molecule has 0 bridgehead atoms. The molecular formula is C17H28N2O14P2S. The normalized spacial score (nSPS) is 38.8. The van der Waals surface area contributed by atoms with E-state index in [2.05, 4.69) is 37.9 Å². The van der Waals surface area contributed by atoms with Crippen LogP contribution < -0.4 is 5.32 Å². The minimum absolute atomic E-state index is 0.00226. The molecule has 4 unspecified atom stereocenters. The molecule has 7 N–H and O–H groups in total. The van der Waals surface area contributed by atoms with Gasteiger partial charge >= 0.3 is 15.6 Å². The first-order valence-electron chi connectivity index (χ1n) is 10.4. The van der Waals surface area contributed by atoms with Crippen LogP contribution in [0.4, 0.5) is 0 Å². The lowest BCUT2D eigenvalue weighted by atomic mass is 10.0. The van der Waals surface area contributed by atoms with Crippen molar-refractivity contribution in [2.24, 2.45) is 0 Å². The predicted octanol–water partition coefficient (Wildman–Crippen LogP) is -1.74. The van der Waals surface area contributed by atoms with E-state index < -0.39 is 71.4 Å². The number of phosphoric acid groups is 2. The number of hydrogen-bond acceptors (Lipinski definition) is 14. The Labute approximate surface area is 210 Å². The Balaban J connectivity index is 1.56. The van der Waals surface area contributed by atoms with Crippen molar-refractivity contribution in [2.75, 3.05) is 12.4 Å². The minimum Gasteiger partial charge on any atom is -0.390 e. The third-order valence-electron chi connectivity index (χ3n) is 5.47. The fourth-order valence-corrected chi connectivity index (χ4v) is 6.02. The van der Waals surface area contributed by atoms with Gasteiger partial charge in [0.05, 0.1) is 18.8 Å². The molecule has 2 fully saturated rings. The number of carbonyl (C=O) groups is 1. The van der Waals surface area contributed by atoms with Crippen LogP contribution in [0.1, 0.15) is 13.3 Å². The highest BCUT2D eigenvalue weighted by Crippen LogP contribution is 2.61. The number of ether oxygens (including phenoxy) is 2. The van der Waals surface area contributed by atoms with Gasteiger partial charge in [-0.25, -0.2) is 9.13 Å². The number of carbonyl (C=O) groups excluding carboxylic acids is 1. The molecule has 3 rings (SSSR count). The number of hydrogen-bond donors (Lipinski definition) is 8. The molecule has 3 aliphatic rings. The average Bonchev–Trinajstić information content (AvgIpc) is 3.14. The molecule has 19 heteroatoms. The largest absolute Gasteiger partial charge is 0.483 e. The molecule has 0 aromatic rings. The minimum atomic E-state index is -5.45. The molecule has 0 aliphatic carbocycles. The maximum atomic E-state index is 12.2. The highest BCUT2D eigenvalue weighted by molar-refractivity contribution is 7.80. The lowest BCUT2D eigenvalue weighted by Crippen LogP contribution is -2.58. The monoisotopic (exact) mass is 578 g/mol. The third-order valence-corrected chi connectivity index (χ3v) is 8.43. The molecule has 16 nitrogen and oxygen atoms in total. The first-order chi connectivity index (χ1) is 16.6. The van der Waals surface area contributed by atoms with Crippen LogP contribution in [-0.2, 0) is 36.8 Å². The standard InChI is InChI=1S/C17H28N2O14P2S/c1-7-4-19(8(2)18-16(7)24)12-3-9(20)10(30-12)5-29-34(25,26)33-35(27,28)32-17-15(23)14(22)13(21)11(6-36)31-17/h4,9-15,17,20-23,36H,2-3,5-6H2,1H3,(H,18,24)(H,25,26)(H,27,28)/t9-,10-,11?,12-,13+,14+,15?,17+/m1/s1. The SMILES string of the molecule is C=C1NC(=O)C(C)=CN1[C@H]1C[C@@H](O)[C@@H](COP(=O)(O)OP(=O)(O)O[C@@H]2OC(CS)[C@H](O)[C@H](O)C2O)O1. The summed E-state index contributed by atoms with van der Waals surface area (Å²) in [5.41, 5.74) is 0.349. The predicted molar refractivity (Wildman–Crippen MR) is 120 cm³/mol. The molecule has 3 heterocycles. The summed E-state index contributed by atoms with van der Waals surface area (Å²) in [7, 11) is -10.8. The first-order valence-corrected chi connectivity index (χ1v) is 14.1. The summed E-state index contributed by atoms with van der Waals surface area (Å²) in [5.74, 6) is -0.342. The summed E-state index contributed by atoms with van der Waals surface area (Å²) >= 11 is 3.88. The molecule has 0 saturated carbocycles. The van der Waals surface area contributed by atoms with E-state index in [0.717, 1.165) is 0 Å². The van der Waals surface area contributed by atoms with Crippen molar-refractivity contribution in [3.63, 3.8) is 0 Å². The second kappa shape index (κ2) is 11.5. The zero-order chi connectivity index (χ0) is 27.0. The Morgan fingerprint density at radius 3 is 2.44 bits per heavy atom. The van der Waals surface area contributed by atoms with Crippen molar-refractivity contribution in [1.82, 2.24) is 10.2 Å². The maximum Gasteiger partial charge on any atom is 0.483 e. The molecule has 10 atom stereocenters.